The zero-order valence-electron chi connectivity index (χ0n) is 14.9. The third-order valence-electron chi connectivity index (χ3n) is 5.02. The molecule has 6 nitrogen and oxygen atoms in total. The number of nitrogens with zero attached hydrogens (tertiary/aromatic N) is 6. The molecule has 0 spiro atoms. The number of hydrogen-bond donors (Lipinski definition) is 0. The molecule has 0 bridgehead atoms. The van der Waals surface area contributed by atoms with Gasteiger partial charge in [0, 0.05) is 45.3 Å². The fraction of sp³-hybridized carbons (Fsp3) is 0.500. The minimum atomic E-state index is -4.43. The second-order valence-electron chi connectivity index (χ2n) is 6.78. The van der Waals surface area contributed by atoms with E-state index in [1.807, 2.05) is 11.0 Å². The van der Waals surface area contributed by atoms with Gasteiger partial charge in [-0.1, -0.05) is 6.07 Å². The third kappa shape index (κ3) is 3.91. The molecule has 2 aromatic rings. The van der Waals surface area contributed by atoms with Gasteiger partial charge in [0.05, 0.1) is 0 Å². The van der Waals surface area contributed by atoms with E-state index < -0.39 is 11.9 Å². The Bertz CT molecular complexity index is 783. The van der Waals surface area contributed by atoms with Crippen molar-refractivity contribution in [3.63, 3.8) is 0 Å². The van der Waals surface area contributed by atoms with Crippen molar-refractivity contribution >= 4 is 17.5 Å². The standard InChI is InChI=1S/C18H21F3N6/c19-18(20,21)14-4-3-5-15(24-14)26-8-10-27(11-9-26)17-12-16(22-13-23-17)25-6-1-2-7-25/h3-5,12-13H,1-2,6-11H2. The summed E-state index contributed by atoms with van der Waals surface area (Å²) < 4.78 is 38.6. The van der Waals surface area contributed by atoms with Gasteiger partial charge in [-0.25, -0.2) is 15.0 Å². The summed E-state index contributed by atoms with van der Waals surface area (Å²) in [7, 11) is 0. The van der Waals surface area contributed by atoms with Crippen LogP contribution in [0.5, 0.6) is 0 Å². The molecule has 4 rings (SSSR count). The van der Waals surface area contributed by atoms with E-state index >= 15 is 0 Å². The van der Waals surface area contributed by atoms with Crippen LogP contribution in [-0.4, -0.2) is 54.2 Å². The summed E-state index contributed by atoms with van der Waals surface area (Å²) in [6.07, 6.45) is -0.474. The van der Waals surface area contributed by atoms with Crippen molar-refractivity contribution in [1.82, 2.24) is 15.0 Å². The molecule has 0 unspecified atom stereocenters. The topological polar surface area (TPSA) is 48.4 Å². The van der Waals surface area contributed by atoms with Crippen LogP contribution in [0.25, 0.3) is 0 Å². The number of hydrogen-bond acceptors (Lipinski definition) is 6. The molecule has 4 heterocycles. The Labute approximate surface area is 155 Å². The van der Waals surface area contributed by atoms with Gasteiger partial charge in [-0.3, -0.25) is 0 Å². The van der Waals surface area contributed by atoms with E-state index in [1.54, 1.807) is 12.4 Å². The highest BCUT2D eigenvalue weighted by Crippen LogP contribution is 2.29. The van der Waals surface area contributed by atoms with E-state index in [-0.39, 0.29) is 0 Å². The van der Waals surface area contributed by atoms with E-state index in [9.17, 15) is 13.2 Å². The van der Waals surface area contributed by atoms with Crippen LogP contribution < -0.4 is 14.7 Å². The summed E-state index contributed by atoms with van der Waals surface area (Å²) in [5, 5.41) is 0. The van der Waals surface area contributed by atoms with Crippen LogP contribution in [0.3, 0.4) is 0 Å². The number of rotatable bonds is 3. The van der Waals surface area contributed by atoms with Gasteiger partial charge in [0.15, 0.2) is 0 Å². The lowest BCUT2D eigenvalue weighted by molar-refractivity contribution is -0.141. The molecule has 0 aliphatic carbocycles. The fourth-order valence-electron chi connectivity index (χ4n) is 3.55. The first kappa shape index (κ1) is 17.8. The van der Waals surface area contributed by atoms with Crippen molar-refractivity contribution < 1.29 is 13.2 Å². The third-order valence-corrected chi connectivity index (χ3v) is 5.02. The van der Waals surface area contributed by atoms with Crippen molar-refractivity contribution in [3.8, 4) is 0 Å². The monoisotopic (exact) mass is 378 g/mol. The normalized spacial score (nSPS) is 18.3. The summed E-state index contributed by atoms with van der Waals surface area (Å²) in [5.41, 5.74) is -0.853. The van der Waals surface area contributed by atoms with Crippen molar-refractivity contribution in [2.45, 2.75) is 19.0 Å². The van der Waals surface area contributed by atoms with Gasteiger partial charge in [0.25, 0.3) is 0 Å². The van der Waals surface area contributed by atoms with Crippen molar-refractivity contribution in [2.75, 3.05) is 54.0 Å². The molecule has 0 aromatic carbocycles. The number of halogens is 3. The van der Waals surface area contributed by atoms with Crippen molar-refractivity contribution in [1.29, 1.82) is 0 Å². The molecule has 2 fully saturated rings. The van der Waals surface area contributed by atoms with E-state index in [0.29, 0.717) is 32.0 Å². The predicted molar refractivity (Wildman–Crippen MR) is 97.1 cm³/mol. The molecule has 2 aliphatic heterocycles. The van der Waals surface area contributed by atoms with Crippen LogP contribution in [0.4, 0.5) is 30.6 Å². The highest BCUT2D eigenvalue weighted by atomic mass is 19.4. The molecule has 0 saturated carbocycles. The van der Waals surface area contributed by atoms with Crippen LogP contribution in [-0.2, 0) is 6.18 Å². The van der Waals surface area contributed by atoms with Gasteiger partial charge in [-0.05, 0) is 25.0 Å². The Morgan fingerprint density at radius 3 is 1.89 bits per heavy atom. The average Bonchev–Trinajstić information content (AvgIpc) is 3.23. The average molecular weight is 378 g/mol. The van der Waals surface area contributed by atoms with Crippen LogP contribution in [0.15, 0.2) is 30.6 Å². The molecular formula is C18H21F3N6. The number of anilines is 3. The van der Waals surface area contributed by atoms with Crippen LogP contribution in [0.1, 0.15) is 18.5 Å². The molecule has 0 radical (unpaired) electrons. The van der Waals surface area contributed by atoms with E-state index in [4.69, 9.17) is 0 Å². The van der Waals surface area contributed by atoms with Crippen LogP contribution >= 0.6 is 0 Å². The molecule has 2 aliphatic rings. The smallest absolute Gasteiger partial charge is 0.356 e. The highest BCUT2D eigenvalue weighted by Gasteiger charge is 2.33. The Hall–Kier alpha value is -2.58. The van der Waals surface area contributed by atoms with Crippen LogP contribution in [0.2, 0.25) is 0 Å². The molecule has 0 atom stereocenters. The van der Waals surface area contributed by atoms with Gasteiger partial charge >= 0.3 is 6.18 Å². The Morgan fingerprint density at radius 2 is 1.30 bits per heavy atom. The van der Waals surface area contributed by atoms with Crippen LogP contribution in [0, 0.1) is 0 Å². The summed E-state index contributed by atoms with van der Waals surface area (Å²) in [5.74, 6) is 2.17. The van der Waals surface area contributed by atoms with E-state index in [2.05, 4.69) is 24.8 Å². The Balaban J connectivity index is 1.43. The largest absolute Gasteiger partial charge is 0.433 e. The Kier molecular flexibility index (Phi) is 4.75. The first-order valence-electron chi connectivity index (χ1n) is 9.12. The first-order valence-corrected chi connectivity index (χ1v) is 9.12. The molecule has 0 N–H and O–H groups in total. The first-order chi connectivity index (χ1) is 13.0. The molecule has 9 heteroatoms. The van der Waals surface area contributed by atoms with Crippen molar-refractivity contribution in [3.05, 3.63) is 36.3 Å². The second-order valence-corrected chi connectivity index (χ2v) is 6.78. The lowest BCUT2D eigenvalue weighted by Gasteiger charge is -2.36. The zero-order chi connectivity index (χ0) is 18.9. The molecule has 144 valence electrons. The number of piperazine rings is 1. The number of aromatic nitrogens is 3. The second kappa shape index (κ2) is 7.21. The SMILES string of the molecule is FC(F)(F)c1cccc(N2CCN(c3cc(N4CCCC4)ncn3)CC2)n1. The van der Waals surface area contributed by atoms with Gasteiger partial charge < -0.3 is 14.7 Å². The lowest BCUT2D eigenvalue weighted by atomic mass is 10.2. The quantitative estimate of drug-likeness (QED) is 0.819. The summed E-state index contributed by atoms with van der Waals surface area (Å²) in [6.45, 7) is 4.58. The van der Waals surface area contributed by atoms with Gasteiger partial charge in [-0.2, -0.15) is 13.2 Å². The molecule has 2 aromatic heterocycles. The lowest BCUT2D eigenvalue weighted by Crippen LogP contribution is -2.47. The van der Waals surface area contributed by atoms with E-state index in [0.717, 1.165) is 30.8 Å². The maximum absolute atomic E-state index is 12.9. The number of alkyl halides is 3. The molecule has 0 amide bonds. The minimum absolute atomic E-state index is 0.366. The maximum atomic E-state index is 12.9. The summed E-state index contributed by atoms with van der Waals surface area (Å²) in [6, 6.07) is 6.04. The summed E-state index contributed by atoms with van der Waals surface area (Å²) >= 11 is 0. The summed E-state index contributed by atoms with van der Waals surface area (Å²) in [4.78, 5) is 18.8. The van der Waals surface area contributed by atoms with Gasteiger partial charge in [-0.15, -0.1) is 0 Å². The maximum Gasteiger partial charge on any atom is 0.433 e. The fourth-order valence-corrected chi connectivity index (χ4v) is 3.55. The number of pyridine rings is 1. The molecule has 2 saturated heterocycles. The highest BCUT2D eigenvalue weighted by molar-refractivity contribution is 5.52. The van der Waals surface area contributed by atoms with Crippen molar-refractivity contribution in [2.24, 2.45) is 0 Å². The predicted octanol–water partition coefficient (Wildman–Crippen LogP) is 2.82. The molecular weight excluding hydrogens is 357 g/mol. The Morgan fingerprint density at radius 1 is 0.741 bits per heavy atom. The zero-order valence-corrected chi connectivity index (χ0v) is 14.9. The molecule has 27 heavy (non-hydrogen) atoms. The van der Waals surface area contributed by atoms with E-state index in [1.165, 1.54) is 18.9 Å². The minimum Gasteiger partial charge on any atom is -0.356 e. The van der Waals surface area contributed by atoms with Gasteiger partial charge in [0.1, 0.15) is 29.5 Å². The van der Waals surface area contributed by atoms with Gasteiger partial charge in [0.2, 0.25) is 0 Å².